The lowest BCUT2D eigenvalue weighted by molar-refractivity contribution is -0.137. The van der Waals surface area contributed by atoms with Gasteiger partial charge in [0.25, 0.3) is 0 Å². The number of aromatic nitrogens is 1. The number of carboxylic acids is 1. The van der Waals surface area contributed by atoms with E-state index in [4.69, 9.17) is 9.84 Å². The number of hydrogen-bond donors (Lipinski definition) is 1. The highest BCUT2D eigenvalue weighted by Crippen LogP contribution is 2.29. The molecule has 1 aromatic carbocycles. The number of aromatic carboxylic acids is 1. The maximum Gasteiger partial charge on any atom is 0.416 e. The van der Waals surface area contributed by atoms with Crippen LogP contribution < -0.4 is 4.74 Å². The number of nitrogens with zero attached hydrogens (tertiary/aromatic N) is 1. The summed E-state index contributed by atoms with van der Waals surface area (Å²) in [7, 11) is 0. The first kappa shape index (κ1) is 14.8. The van der Waals surface area contributed by atoms with Crippen molar-refractivity contribution >= 4 is 5.97 Å². The van der Waals surface area contributed by atoms with Gasteiger partial charge in [-0.2, -0.15) is 13.2 Å². The average Bonchev–Trinajstić information content (AvgIpc) is 2.45. The molecule has 0 atom stereocenters. The van der Waals surface area contributed by atoms with Crippen LogP contribution in [0.1, 0.15) is 21.5 Å². The van der Waals surface area contributed by atoms with Crippen LogP contribution in [0, 0.1) is 0 Å². The van der Waals surface area contributed by atoms with Crippen LogP contribution >= 0.6 is 0 Å². The number of hydrogen-bond acceptors (Lipinski definition) is 3. The number of rotatable bonds is 4. The molecule has 7 heteroatoms. The minimum atomic E-state index is -4.42. The SMILES string of the molecule is O=C(O)c1cncc(OCc2cccc(C(F)(F)F)c2)c1. The predicted molar refractivity (Wildman–Crippen MR) is 67.0 cm³/mol. The van der Waals surface area contributed by atoms with E-state index in [9.17, 15) is 18.0 Å². The second-order valence-corrected chi connectivity index (χ2v) is 4.20. The third kappa shape index (κ3) is 3.95. The summed E-state index contributed by atoms with van der Waals surface area (Å²) in [5.74, 6) is -0.987. The number of carboxylic acid groups (broad SMARTS) is 1. The van der Waals surface area contributed by atoms with Crippen molar-refractivity contribution in [2.45, 2.75) is 12.8 Å². The van der Waals surface area contributed by atoms with Gasteiger partial charge in [0.2, 0.25) is 0 Å². The molecular weight excluding hydrogens is 287 g/mol. The van der Waals surface area contributed by atoms with Gasteiger partial charge >= 0.3 is 12.1 Å². The second kappa shape index (κ2) is 5.82. The van der Waals surface area contributed by atoms with Crippen LogP contribution in [0.3, 0.4) is 0 Å². The van der Waals surface area contributed by atoms with Gasteiger partial charge < -0.3 is 9.84 Å². The molecule has 0 bridgehead atoms. The van der Waals surface area contributed by atoms with Crippen molar-refractivity contribution in [1.29, 1.82) is 0 Å². The average molecular weight is 297 g/mol. The van der Waals surface area contributed by atoms with Crippen LogP contribution in [0.25, 0.3) is 0 Å². The third-order valence-corrected chi connectivity index (χ3v) is 2.62. The largest absolute Gasteiger partial charge is 0.487 e. The monoisotopic (exact) mass is 297 g/mol. The Hall–Kier alpha value is -2.57. The minimum absolute atomic E-state index is 0.0588. The van der Waals surface area contributed by atoms with Crippen molar-refractivity contribution in [3.8, 4) is 5.75 Å². The quantitative estimate of drug-likeness (QED) is 0.940. The van der Waals surface area contributed by atoms with Gasteiger partial charge in [-0.25, -0.2) is 4.79 Å². The summed E-state index contributed by atoms with van der Waals surface area (Å²) in [6.45, 7) is -0.116. The summed E-state index contributed by atoms with van der Waals surface area (Å²) in [6, 6.07) is 5.98. The van der Waals surface area contributed by atoms with E-state index in [1.165, 1.54) is 24.4 Å². The van der Waals surface area contributed by atoms with Crippen LogP contribution in [0.2, 0.25) is 0 Å². The fourth-order valence-electron chi connectivity index (χ4n) is 1.62. The first-order chi connectivity index (χ1) is 9.86. The molecule has 0 spiro atoms. The van der Waals surface area contributed by atoms with Crippen LogP contribution in [0.15, 0.2) is 42.7 Å². The van der Waals surface area contributed by atoms with Gasteiger partial charge in [-0.3, -0.25) is 4.98 Å². The molecule has 0 aliphatic carbocycles. The molecule has 0 fully saturated rings. The zero-order valence-electron chi connectivity index (χ0n) is 10.6. The number of ether oxygens (including phenoxy) is 1. The summed E-state index contributed by atoms with van der Waals surface area (Å²) < 4.78 is 42.9. The number of benzene rings is 1. The summed E-state index contributed by atoms with van der Waals surface area (Å²) in [5, 5.41) is 8.80. The Morgan fingerprint density at radius 3 is 2.67 bits per heavy atom. The summed E-state index contributed by atoms with van der Waals surface area (Å²) in [4.78, 5) is 14.5. The van der Waals surface area contributed by atoms with Gasteiger partial charge in [0, 0.05) is 6.20 Å². The van der Waals surface area contributed by atoms with Crippen molar-refractivity contribution in [3.05, 3.63) is 59.4 Å². The molecule has 2 aromatic rings. The Morgan fingerprint density at radius 1 is 1.24 bits per heavy atom. The van der Waals surface area contributed by atoms with E-state index < -0.39 is 17.7 Å². The van der Waals surface area contributed by atoms with E-state index in [0.29, 0.717) is 5.56 Å². The fraction of sp³-hybridized carbons (Fsp3) is 0.143. The van der Waals surface area contributed by atoms with Gasteiger partial charge in [0.05, 0.1) is 17.3 Å². The Labute approximate surface area is 117 Å². The summed E-state index contributed by atoms with van der Waals surface area (Å²) in [6.07, 6.45) is -1.97. The van der Waals surface area contributed by atoms with Crippen LogP contribution in [-0.4, -0.2) is 16.1 Å². The maximum absolute atomic E-state index is 12.6. The molecule has 0 amide bonds. The Kier molecular flexibility index (Phi) is 4.11. The van der Waals surface area contributed by atoms with Crippen LogP contribution in [0.5, 0.6) is 5.75 Å². The first-order valence-electron chi connectivity index (χ1n) is 5.83. The zero-order valence-corrected chi connectivity index (χ0v) is 10.6. The van der Waals surface area contributed by atoms with Gasteiger partial charge in [-0.05, 0) is 23.8 Å². The number of halogens is 3. The fourth-order valence-corrected chi connectivity index (χ4v) is 1.62. The summed E-state index contributed by atoms with van der Waals surface area (Å²) >= 11 is 0. The molecule has 110 valence electrons. The topological polar surface area (TPSA) is 59.4 Å². The molecule has 0 radical (unpaired) electrons. The van der Waals surface area contributed by atoms with Gasteiger partial charge in [-0.15, -0.1) is 0 Å². The predicted octanol–water partition coefficient (Wildman–Crippen LogP) is 3.38. The Morgan fingerprint density at radius 2 is 2.00 bits per heavy atom. The van der Waals surface area contributed by atoms with Crippen molar-refractivity contribution < 1.29 is 27.8 Å². The van der Waals surface area contributed by atoms with Crippen molar-refractivity contribution in [2.24, 2.45) is 0 Å². The van der Waals surface area contributed by atoms with Crippen molar-refractivity contribution in [2.75, 3.05) is 0 Å². The normalized spacial score (nSPS) is 11.2. The minimum Gasteiger partial charge on any atom is -0.487 e. The molecule has 1 heterocycles. The van der Waals surface area contributed by atoms with Gasteiger partial charge in [0.15, 0.2) is 0 Å². The molecule has 1 aromatic heterocycles. The molecule has 2 rings (SSSR count). The molecular formula is C14H10F3NO3. The van der Waals surface area contributed by atoms with E-state index >= 15 is 0 Å². The van der Waals surface area contributed by atoms with E-state index in [1.807, 2.05) is 0 Å². The highest BCUT2D eigenvalue weighted by molar-refractivity contribution is 5.87. The Balaban J connectivity index is 2.10. The number of pyridine rings is 1. The second-order valence-electron chi connectivity index (χ2n) is 4.20. The van der Waals surface area contributed by atoms with Crippen molar-refractivity contribution in [3.63, 3.8) is 0 Å². The smallest absolute Gasteiger partial charge is 0.416 e. The molecule has 21 heavy (non-hydrogen) atoms. The van der Waals surface area contributed by atoms with Crippen LogP contribution in [0.4, 0.5) is 13.2 Å². The lowest BCUT2D eigenvalue weighted by Gasteiger charge is -2.10. The third-order valence-electron chi connectivity index (χ3n) is 2.62. The highest BCUT2D eigenvalue weighted by Gasteiger charge is 2.30. The molecule has 0 unspecified atom stereocenters. The standard InChI is InChI=1S/C14H10F3NO3/c15-14(16,17)11-3-1-2-9(4-11)8-21-12-5-10(13(19)20)6-18-7-12/h1-7H,8H2,(H,19,20). The number of carbonyl (C=O) groups is 1. The first-order valence-corrected chi connectivity index (χ1v) is 5.83. The van der Waals surface area contributed by atoms with E-state index in [0.717, 1.165) is 18.3 Å². The Bertz CT molecular complexity index is 656. The van der Waals surface area contributed by atoms with Gasteiger partial charge in [0.1, 0.15) is 12.4 Å². The zero-order chi connectivity index (χ0) is 15.5. The molecule has 0 aliphatic rings. The molecule has 0 saturated carbocycles. The molecule has 1 N–H and O–H groups in total. The molecule has 0 saturated heterocycles. The lowest BCUT2D eigenvalue weighted by atomic mass is 10.1. The summed E-state index contributed by atoms with van der Waals surface area (Å²) in [5.41, 5.74) is -0.497. The highest BCUT2D eigenvalue weighted by atomic mass is 19.4. The van der Waals surface area contributed by atoms with Gasteiger partial charge in [-0.1, -0.05) is 12.1 Å². The van der Waals surface area contributed by atoms with E-state index in [2.05, 4.69) is 4.98 Å². The van der Waals surface area contributed by atoms with E-state index in [-0.39, 0.29) is 17.9 Å². The van der Waals surface area contributed by atoms with Crippen LogP contribution in [-0.2, 0) is 12.8 Å². The van der Waals surface area contributed by atoms with E-state index in [1.54, 1.807) is 0 Å². The maximum atomic E-state index is 12.6. The number of alkyl halides is 3. The molecule has 0 aliphatic heterocycles. The molecule has 4 nitrogen and oxygen atoms in total. The van der Waals surface area contributed by atoms with Crippen molar-refractivity contribution in [1.82, 2.24) is 4.98 Å². The lowest BCUT2D eigenvalue weighted by Crippen LogP contribution is -2.06.